The third-order valence-corrected chi connectivity index (χ3v) is 10.0. The summed E-state index contributed by atoms with van der Waals surface area (Å²) in [4.78, 5) is 19.9. The number of hydrogen-bond donors (Lipinski definition) is 1. The second-order valence-electron chi connectivity index (χ2n) is 9.34. The number of nitrogens with zero attached hydrogens (tertiary/aromatic N) is 3. The van der Waals surface area contributed by atoms with Crippen LogP contribution >= 0.6 is 11.8 Å². The van der Waals surface area contributed by atoms with E-state index in [1.807, 2.05) is 30.8 Å². The average molecular weight is 475 g/mol. The van der Waals surface area contributed by atoms with Gasteiger partial charge in [-0.2, -0.15) is 16.1 Å². The van der Waals surface area contributed by atoms with E-state index in [2.05, 4.69) is 17.1 Å². The van der Waals surface area contributed by atoms with Gasteiger partial charge in [0.1, 0.15) is 5.82 Å². The van der Waals surface area contributed by atoms with Crippen molar-refractivity contribution in [2.24, 2.45) is 5.41 Å². The van der Waals surface area contributed by atoms with E-state index in [-0.39, 0.29) is 17.3 Å². The zero-order chi connectivity index (χ0) is 22.5. The number of aryl methyl sites for hydroxylation is 1. The van der Waals surface area contributed by atoms with Gasteiger partial charge in [0.25, 0.3) is 0 Å². The SMILES string of the molecule is Cc1cc2cc(S(=O)(=O)N3CCCC4(CCNC4=O)C3)ccc2nc1N1CCSC(C)C1. The minimum absolute atomic E-state index is 0.00584. The lowest BCUT2D eigenvalue weighted by atomic mass is 9.79. The number of amides is 1. The smallest absolute Gasteiger partial charge is 0.243 e. The summed E-state index contributed by atoms with van der Waals surface area (Å²) in [5, 5.41) is 4.29. The molecule has 0 saturated carbocycles. The van der Waals surface area contributed by atoms with Gasteiger partial charge in [0, 0.05) is 49.1 Å². The van der Waals surface area contributed by atoms with Crippen molar-refractivity contribution in [3.8, 4) is 0 Å². The number of thioether (sulfide) groups is 1. The Labute approximate surface area is 194 Å². The Bertz CT molecular complexity index is 1170. The Morgan fingerprint density at radius 3 is 2.81 bits per heavy atom. The van der Waals surface area contributed by atoms with E-state index in [1.54, 1.807) is 12.1 Å². The lowest BCUT2D eigenvalue weighted by molar-refractivity contribution is -0.129. The average Bonchev–Trinajstić information content (AvgIpc) is 3.11. The van der Waals surface area contributed by atoms with Crippen LogP contribution in [0.15, 0.2) is 29.2 Å². The second-order valence-corrected chi connectivity index (χ2v) is 12.8. The van der Waals surface area contributed by atoms with Crippen molar-refractivity contribution in [1.82, 2.24) is 14.6 Å². The molecule has 1 N–H and O–H groups in total. The van der Waals surface area contributed by atoms with E-state index >= 15 is 0 Å². The molecule has 3 aliphatic rings. The van der Waals surface area contributed by atoms with Crippen molar-refractivity contribution >= 4 is 44.4 Å². The molecule has 3 fully saturated rings. The largest absolute Gasteiger partial charge is 0.356 e. The van der Waals surface area contributed by atoms with E-state index in [1.165, 1.54) is 4.31 Å². The van der Waals surface area contributed by atoms with E-state index in [4.69, 9.17) is 4.98 Å². The molecule has 0 bridgehead atoms. The number of carbonyl (C=O) groups excluding carboxylic acids is 1. The van der Waals surface area contributed by atoms with Crippen LogP contribution < -0.4 is 10.2 Å². The van der Waals surface area contributed by atoms with Gasteiger partial charge < -0.3 is 10.2 Å². The van der Waals surface area contributed by atoms with Crippen LogP contribution in [-0.4, -0.2) is 67.3 Å². The number of nitrogens with one attached hydrogen (secondary N) is 1. The minimum atomic E-state index is -3.68. The van der Waals surface area contributed by atoms with Crippen molar-refractivity contribution in [3.63, 3.8) is 0 Å². The summed E-state index contributed by atoms with van der Waals surface area (Å²) in [6.07, 6.45) is 2.16. The summed E-state index contributed by atoms with van der Waals surface area (Å²) >= 11 is 1.99. The second kappa shape index (κ2) is 8.18. The lowest BCUT2D eigenvalue weighted by Crippen LogP contribution is -2.49. The minimum Gasteiger partial charge on any atom is -0.356 e. The summed E-state index contributed by atoms with van der Waals surface area (Å²) in [5.74, 6) is 2.08. The van der Waals surface area contributed by atoms with E-state index in [0.29, 0.717) is 31.2 Å². The Balaban J connectivity index is 1.45. The fourth-order valence-corrected chi connectivity index (χ4v) is 7.91. The number of piperidine rings is 1. The molecular formula is C23H30N4O3S2. The van der Waals surface area contributed by atoms with E-state index in [0.717, 1.165) is 47.5 Å². The zero-order valence-corrected chi connectivity index (χ0v) is 20.3. The predicted molar refractivity (Wildman–Crippen MR) is 129 cm³/mol. The number of sulfonamides is 1. The predicted octanol–water partition coefficient (Wildman–Crippen LogP) is 2.78. The highest BCUT2D eigenvalue weighted by Gasteiger charge is 2.47. The molecule has 3 saturated heterocycles. The van der Waals surface area contributed by atoms with Gasteiger partial charge >= 0.3 is 0 Å². The first-order valence-electron chi connectivity index (χ1n) is 11.3. The highest BCUT2D eigenvalue weighted by Crippen LogP contribution is 2.39. The zero-order valence-electron chi connectivity index (χ0n) is 18.6. The number of carbonyl (C=O) groups is 1. The number of anilines is 1. The molecule has 2 atom stereocenters. The van der Waals surface area contributed by atoms with Gasteiger partial charge in [0.2, 0.25) is 15.9 Å². The van der Waals surface area contributed by atoms with Crippen LogP contribution in [0.3, 0.4) is 0 Å². The Morgan fingerprint density at radius 1 is 1.22 bits per heavy atom. The van der Waals surface area contributed by atoms with Crippen LogP contribution in [-0.2, 0) is 14.8 Å². The van der Waals surface area contributed by atoms with Crippen molar-refractivity contribution in [3.05, 3.63) is 29.8 Å². The number of fused-ring (bicyclic) bond motifs is 1. The topological polar surface area (TPSA) is 82.6 Å². The number of hydrogen-bond acceptors (Lipinski definition) is 6. The highest BCUT2D eigenvalue weighted by molar-refractivity contribution is 8.00. The number of pyridine rings is 1. The first-order chi connectivity index (χ1) is 15.3. The molecule has 9 heteroatoms. The van der Waals surface area contributed by atoms with E-state index < -0.39 is 15.4 Å². The first kappa shape index (κ1) is 22.0. The molecule has 1 aromatic carbocycles. The Hall–Kier alpha value is -1.84. The van der Waals surface area contributed by atoms with E-state index in [9.17, 15) is 13.2 Å². The number of rotatable bonds is 3. The summed E-state index contributed by atoms with van der Waals surface area (Å²) in [5.41, 5.74) is 1.30. The molecule has 3 aliphatic heterocycles. The standard InChI is InChI=1S/C23H30N4O3S2/c1-16-12-18-13-19(4-5-20(18)25-21(16)26-10-11-31-17(2)14-26)32(29,30)27-9-3-6-23(15-27)7-8-24-22(23)28/h4-5,12-13,17H,3,6-11,14-15H2,1-2H3,(H,24,28). The summed E-state index contributed by atoms with van der Waals surface area (Å²) < 4.78 is 28.5. The molecule has 0 radical (unpaired) electrons. The quantitative estimate of drug-likeness (QED) is 0.737. The monoisotopic (exact) mass is 474 g/mol. The molecule has 4 heterocycles. The van der Waals surface area contributed by atoms with Gasteiger partial charge in [0.05, 0.1) is 15.8 Å². The van der Waals surface area contributed by atoms with Gasteiger partial charge in [-0.05, 0) is 56.0 Å². The lowest BCUT2D eigenvalue weighted by Gasteiger charge is -2.37. The molecule has 1 aromatic heterocycles. The van der Waals surface area contributed by atoms with Gasteiger partial charge in [-0.25, -0.2) is 13.4 Å². The third kappa shape index (κ3) is 3.78. The van der Waals surface area contributed by atoms with Crippen LogP contribution in [0.1, 0.15) is 31.7 Å². The van der Waals surface area contributed by atoms with Crippen molar-refractivity contribution in [2.75, 3.05) is 43.4 Å². The van der Waals surface area contributed by atoms with Crippen molar-refractivity contribution in [1.29, 1.82) is 0 Å². The summed E-state index contributed by atoms with van der Waals surface area (Å²) in [7, 11) is -3.68. The Kier molecular flexibility index (Phi) is 5.62. The maximum atomic E-state index is 13.5. The number of aromatic nitrogens is 1. The van der Waals surface area contributed by atoms with Gasteiger partial charge in [-0.1, -0.05) is 6.92 Å². The fraction of sp³-hybridized carbons (Fsp3) is 0.565. The molecule has 172 valence electrons. The molecule has 1 amide bonds. The van der Waals surface area contributed by atoms with Crippen LogP contribution in [0.2, 0.25) is 0 Å². The molecule has 2 aromatic rings. The summed E-state index contributed by atoms with van der Waals surface area (Å²) in [6.45, 7) is 7.58. The van der Waals surface area contributed by atoms with Crippen molar-refractivity contribution in [2.45, 2.75) is 43.3 Å². The van der Waals surface area contributed by atoms with Crippen LogP contribution in [0.4, 0.5) is 5.82 Å². The Morgan fingerprint density at radius 2 is 2.06 bits per heavy atom. The molecule has 5 rings (SSSR count). The number of benzene rings is 1. The first-order valence-corrected chi connectivity index (χ1v) is 13.8. The summed E-state index contributed by atoms with van der Waals surface area (Å²) in [6, 6.07) is 7.26. The third-order valence-electron chi connectivity index (χ3n) is 7.04. The molecule has 1 spiro atoms. The highest BCUT2D eigenvalue weighted by atomic mass is 32.2. The van der Waals surface area contributed by atoms with Gasteiger partial charge in [0.15, 0.2) is 0 Å². The molecular weight excluding hydrogens is 444 g/mol. The van der Waals surface area contributed by atoms with Crippen LogP contribution in [0, 0.1) is 12.3 Å². The van der Waals surface area contributed by atoms with Gasteiger partial charge in [-0.3, -0.25) is 4.79 Å². The van der Waals surface area contributed by atoms with Gasteiger partial charge in [-0.15, -0.1) is 0 Å². The van der Waals surface area contributed by atoms with Crippen LogP contribution in [0.25, 0.3) is 10.9 Å². The molecule has 2 unspecified atom stereocenters. The van der Waals surface area contributed by atoms with Crippen molar-refractivity contribution < 1.29 is 13.2 Å². The molecule has 32 heavy (non-hydrogen) atoms. The normalized spacial score (nSPS) is 27.2. The van der Waals surface area contributed by atoms with Crippen LogP contribution in [0.5, 0.6) is 0 Å². The maximum Gasteiger partial charge on any atom is 0.243 e. The molecule has 0 aliphatic carbocycles. The fourth-order valence-electron chi connectivity index (χ4n) is 5.29. The maximum absolute atomic E-state index is 13.5. The molecule has 7 nitrogen and oxygen atoms in total.